The quantitative estimate of drug-likeness (QED) is 0.117. The largest absolute Gasteiger partial charge is 0.437 e. The van der Waals surface area contributed by atoms with Gasteiger partial charge in [-0.25, -0.2) is 9.97 Å². The molecule has 6 aromatic rings. The van der Waals surface area contributed by atoms with Crippen LogP contribution in [0.5, 0.6) is 0 Å². The Morgan fingerprint density at radius 2 is 1.17 bits per heavy atom. The van der Waals surface area contributed by atoms with Crippen molar-refractivity contribution in [3.8, 4) is 0 Å². The van der Waals surface area contributed by atoms with Gasteiger partial charge in [-0.1, -0.05) is 68.4 Å². The van der Waals surface area contributed by atoms with Crippen LogP contribution in [-0.4, -0.2) is 89.0 Å². The zero-order valence-electron chi connectivity index (χ0n) is 40.2. The van der Waals surface area contributed by atoms with Crippen LogP contribution in [0.2, 0.25) is 23.7 Å². The van der Waals surface area contributed by atoms with Crippen molar-refractivity contribution in [1.82, 2.24) is 38.7 Å². The molecule has 6 heterocycles. The highest BCUT2D eigenvalue weighted by atomic mass is 35.5. The number of hydrogen-bond donors (Lipinski definition) is 2. The Morgan fingerprint density at radius 3 is 1.76 bits per heavy atom. The SMILES string of the molecule is C.C.CB(O)N1CCC(C2c3ccc(Cl)cc3C=C(CCCn3ccnc3C)c3cccnc32)CC1.CB(O)N1CCC(C2c3ccc(Cl)cc3CC(CCCn3ccnc3C)c3cccnc32)CC1. The van der Waals surface area contributed by atoms with E-state index in [1.54, 1.807) is 0 Å². The van der Waals surface area contributed by atoms with Crippen LogP contribution < -0.4 is 0 Å². The predicted molar refractivity (Wildman–Crippen MR) is 292 cm³/mol. The Hall–Kier alpha value is -4.55. The lowest BCUT2D eigenvalue weighted by Crippen LogP contribution is -2.44. The van der Waals surface area contributed by atoms with Crippen LogP contribution in [0.1, 0.15) is 140 Å². The van der Waals surface area contributed by atoms with Crippen LogP contribution in [-0.2, 0) is 19.5 Å². The summed E-state index contributed by atoms with van der Waals surface area (Å²) >= 11 is 13.0. The summed E-state index contributed by atoms with van der Waals surface area (Å²) in [7, 11) is -0.769. The number of benzene rings is 2. The number of nitrogens with zero attached hydrogens (tertiary/aromatic N) is 8. The minimum absolute atomic E-state index is 0. The average molecular weight is 984 g/mol. The van der Waals surface area contributed by atoms with Gasteiger partial charge >= 0.3 is 14.1 Å². The number of aromatic nitrogens is 6. The minimum atomic E-state index is -0.390. The average Bonchev–Trinajstić information content (AvgIpc) is 3.88. The third kappa shape index (κ3) is 12.0. The summed E-state index contributed by atoms with van der Waals surface area (Å²) in [4.78, 5) is 23.1. The zero-order chi connectivity index (χ0) is 47.3. The Labute approximate surface area is 428 Å². The van der Waals surface area contributed by atoms with E-state index in [-0.39, 0.29) is 40.8 Å². The van der Waals surface area contributed by atoms with Crippen molar-refractivity contribution >= 4 is 49.0 Å². The van der Waals surface area contributed by atoms with Gasteiger partial charge in [-0.15, -0.1) is 0 Å². The Morgan fingerprint density at radius 1 is 0.629 bits per heavy atom. The highest BCUT2D eigenvalue weighted by molar-refractivity contribution is 6.45. The molecule has 3 unspecified atom stereocenters. The monoisotopic (exact) mass is 983 g/mol. The Kier molecular flexibility index (Phi) is 18.4. The van der Waals surface area contributed by atoms with Gasteiger partial charge in [-0.05, 0) is 205 Å². The van der Waals surface area contributed by atoms with E-state index in [2.05, 4.69) is 110 Å². The van der Waals surface area contributed by atoms with Crippen LogP contribution in [0.4, 0.5) is 0 Å². The molecule has 3 atom stereocenters. The molecule has 0 bridgehead atoms. The first-order chi connectivity index (χ1) is 33.0. The van der Waals surface area contributed by atoms with Gasteiger partial charge in [0.1, 0.15) is 11.6 Å². The summed E-state index contributed by atoms with van der Waals surface area (Å²) in [6, 6.07) is 21.5. The van der Waals surface area contributed by atoms with Crippen LogP contribution in [0.15, 0.2) is 97.8 Å². The van der Waals surface area contributed by atoms with E-state index >= 15 is 0 Å². The standard InChI is InChI=1S/C27H34BClN4O.C27H32BClN4O.2CH4/c2*1-19-30-12-16-32(19)13-4-5-21-17-22-18-23(29)7-8-24(22)26(27-25(21)6-3-11-31-27)20-9-14-33(15-10-20)28(2)34;;/h3,6-8,11-12,16,18,20-21,26,34H,4-5,9-10,13-15,17H2,1-2H3;3,6-8,11-12,16-18,20,26,34H,4-5,9-10,13-15H2,1-2H3;2*1H4. The van der Waals surface area contributed by atoms with Crippen molar-refractivity contribution in [2.45, 2.75) is 131 Å². The normalized spacial score (nSPS) is 19.3. The number of pyridine rings is 2. The summed E-state index contributed by atoms with van der Waals surface area (Å²) in [5.74, 6) is 4.04. The molecule has 2 aliphatic carbocycles. The smallest absolute Gasteiger partial charge is 0.376 e. The molecule has 0 saturated carbocycles. The van der Waals surface area contributed by atoms with Crippen molar-refractivity contribution in [2.24, 2.45) is 11.8 Å². The first-order valence-corrected chi connectivity index (χ1v) is 25.8. The van der Waals surface area contributed by atoms with E-state index in [0.29, 0.717) is 17.8 Å². The number of imidazole rings is 2. The molecule has 2 saturated heterocycles. The molecule has 10 rings (SSSR count). The number of hydrogen-bond acceptors (Lipinski definition) is 8. The molecule has 2 aliphatic heterocycles. The number of aryl methyl sites for hydroxylation is 4. The highest BCUT2D eigenvalue weighted by Crippen LogP contribution is 2.48. The number of fused-ring (bicyclic) bond motifs is 4. The molecule has 2 fully saturated rings. The number of piperidine rings is 2. The molecule has 4 aromatic heterocycles. The Bertz CT molecular complexity index is 2650. The second-order valence-electron chi connectivity index (χ2n) is 19.6. The van der Waals surface area contributed by atoms with Crippen molar-refractivity contribution in [1.29, 1.82) is 0 Å². The van der Waals surface area contributed by atoms with Gasteiger partial charge in [-0.2, -0.15) is 0 Å². The molecule has 2 aromatic carbocycles. The molecule has 0 radical (unpaired) electrons. The fraction of sp³-hybridized carbons (Fsp3) is 0.464. The molecule has 10 nitrogen and oxygen atoms in total. The van der Waals surface area contributed by atoms with E-state index < -0.39 is 0 Å². The molecule has 2 N–H and O–H groups in total. The topological polar surface area (TPSA) is 108 Å². The lowest BCUT2D eigenvalue weighted by Gasteiger charge is -2.37. The summed E-state index contributed by atoms with van der Waals surface area (Å²) in [6.45, 7) is 13.5. The lowest BCUT2D eigenvalue weighted by molar-refractivity contribution is 0.235. The van der Waals surface area contributed by atoms with Gasteiger partial charge < -0.3 is 28.8 Å². The van der Waals surface area contributed by atoms with E-state index in [1.807, 2.05) is 50.6 Å². The summed E-state index contributed by atoms with van der Waals surface area (Å²) in [6.07, 6.45) is 23.5. The summed E-state index contributed by atoms with van der Waals surface area (Å²) < 4.78 is 4.45. The van der Waals surface area contributed by atoms with Crippen molar-refractivity contribution < 1.29 is 10.0 Å². The third-order valence-electron chi connectivity index (χ3n) is 15.5. The lowest BCUT2D eigenvalue weighted by atomic mass is 9.73. The number of rotatable bonds is 12. The predicted octanol–water partition coefficient (Wildman–Crippen LogP) is 12.1. The van der Waals surface area contributed by atoms with E-state index in [4.69, 9.17) is 33.2 Å². The number of allylic oxidation sites excluding steroid dienone is 1. The Balaban J connectivity index is 0.000000201. The number of halogens is 2. The maximum atomic E-state index is 10.1. The second-order valence-corrected chi connectivity index (χ2v) is 20.5. The van der Waals surface area contributed by atoms with Gasteiger partial charge in [0.2, 0.25) is 0 Å². The molecular formula is C56H74B2Cl2N8O2. The van der Waals surface area contributed by atoms with Crippen LogP contribution >= 0.6 is 23.2 Å². The highest BCUT2D eigenvalue weighted by Gasteiger charge is 2.38. The van der Waals surface area contributed by atoms with Crippen LogP contribution in [0, 0.1) is 25.7 Å². The van der Waals surface area contributed by atoms with Gasteiger partial charge in [-0.3, -0.25) is 9.97 Å². The van der Waals surface area contributed by atoms with Crippen molar-refractivity contribution in [3.05, 3.63) is 164 Å². The first-order valence-electron chi connectivity index (χ1n) is 25.0. The van der Waals surface area contributed by atoms with Gasteiger partial charge in [0.05, 0.1) is 11.4 Å². The van der Waals surface area contributed by atoms with Crippen molar-refractivity contribution in [3.63, 3.8) is 0 Å². The van der Waals surface area contributed by atoms with Crippen LogP contribution in [0.3, 0.4) is 0 Å². The second kappa shape index (κ2) is 24.2. The third-order valence-corrected chi connectivity index (χ3v) is 16.0. The van der Waals surface area contributed by atoms with Gasteiger partial charge in [0.15, 0.2) is 0 Å². The molecule has 0 spiro atoms. The first kappa shape index (κ1) is 53.3. The minimum Gasteiger partial charge on any atom is -0.437 e. The maximum Gasteiger partial charge on any atom is 0.376 e. The summed E-state index contributed by atoms with van der Waals surface area (Å²) in [5.41, 5.74) is 11.7. The fourth-order valence-electron chi connectivity index (χ4n) is 11.8. The van der Waals surface area contributed by atoms with Crippen LogP contribution in [0.25, 0.3) is 11.6 Å². The summed E-state index contributed by atoms with van der Waals surface area (Å²) in [5, 5.41) is 21.7. The molecule has 370 valence electrons. The molecule has 70 heavy (non-hydrogen) atoms. The maximum absolute atomic E-state index is 10.1. The molecule has 4 aliphatic rings. The van der Waals surface area contributed by atoms with E-state index in [0.717, 1.165) is 119 Å². The zero-order valence-corrected chi connectivity index (χ0v) is 41.7. The fourth-order valence-corrected chi connectivity index (χ4v) is 12.2. The molecule has 14 heteroatoms. The van der Waals surface area contributed by atoms with Gasteiger partial charge in [0.25, 0.3) is 0 Å². The van der Waals surface area contributed by atoms with Crippen molar-refractivity contribution in [2.75, 3.05) is 26.2 Å². The van der Waals surface area contributed by atoms with Gasteiger partial charge in [0, 0.05) is 72.2 Å². The van der Waals surface area contributed by atoms with E-state index in [9.17, 15) is 10.0 Å². The van der Waals surface area contributed by atoms with E-state index in [1.165, 1.54) is 50.3 Å². The molecular weight excluding hydrogens is 909 g/mol. The molecule has 0 amide bonds.